The number of hydrogen-bond donors (Lipinski definition) is 0. The van der Waals surface area contributed by atoms with E-state index < -0.39 is 0 Å². The van der Waals surface area contributed by atoms with Crippen molar-refractivity contribution in [3.8, 4) is 6.07 Å². The first-order valence-electron chi connectivity index (χ1n) is 5.40. The smallest absolute Gasteiger partial charge is 0.176 e. The summed E-state index contributed by atoms with van der Waals surface area (Å²) < 4.78 is 0. The Bertz CT molecular complexity index is 439. The summed E-state index contributed by atoms with van der Waals surface area (Å²) in [4.78, 5) is 13.8. The maximum absolute atomic E-state index is 11.9. The molecule has 0 aliphatic heterocycles. The molecule has 0 amide bonds. The molecule has 0 spiro atoms. The van der Waals surface area contributed by atoms with Gasteiger partial charge in [0.2, 0.25) is 0 Å². The summed E-state index contributed by atoms with van der Waals surface area (Å²) in [7, 11) is 1.84. The zero-order chi connectivity index (χ0) is 12.8. The van der Waals surface area contributed by atoms with Crippen LogP contribution in [-0.2, 0) is 0 Å². The first kappa shape index (κ1) is 13.7. The predicted octanol–water partition coefficient (Wildman–Crippen LogP) is 2.76. The molecule has 0 aliphatic rings. The second-order valence-electron chi connectivity index (χ2n) is 4.06. The fourth-order valence-corrected chi connectivity index (χ4v) is 1.61. The van der Waals surface area contributed by atoms with E-state index in [1.165, 1.54) is 0 Å². The van der Waals surface area contributed by atoms with E-state index in [1.807, 2.05) is 18.9 Å². The van der Waals surface area contributed by atoms with Gasteiger partial charge in [-0.15, -0.1) is 0 Å². The molecule has 0 bridgehead atoms. The monoisotopic (exact) mass is 250 g/mol. The van der Waals surface area contributed by atoms with Crippen LogP contribution in [0.25, 0.3) is 0 Å². The molecule has 0 aromatic heterocycles. The van der Waals surface area contributed by atoms with Gasteiger partial charge in [0.1, 0.15) is 0 Å². The number of likely N-dealkylation sites (N-methyl/N-ethyl adjacent to an activating group) is 1. The summed E-state index contributed by atoms with van der Waals surface area (Å²) in [6, 6.07) is 9.07. The number of rotatable bonds is 5. The number of ketones is 1. The van der Waals surface area contributed by atoms with E-state index in [1.54, 1.807) is 24.3 Å². The number of carbonyl (C=O) groups excluding carboxylic acids is 1. The van der Waals surface area contributed by atoms with Crippen molar-refractivity contribution < 1.29 is 4.79 Å². The van der Waals surface area contributed by atoms with Crippen LogP contribution >= 0.6 is 11.6 Å². The third-order valence-corrected chi connectivity index (χ3v) is 2.91. The van der Waals surface area contributed by atoms with Crippen molar-refractivity contribution in [2.24, 2.45) is 0 Å². The Hall–Kier alpha value is -1.37. The summed E-state index contributed by atoms with van der Waals surface area (Å²) in [5.41, 5.74) is 0.605. The zero-order valence-electron chi connectivity index (χ0n) is 9.98. The van der Waals surface area contributed by atoms with Crippen LogP contribution in [0.1, 0.15) is 23.7 Å². The Kier molecular flexibility index (Phi) is 5.14. The summed E-state index contributed by atoms with van der Waals surface area (Å²) >= 11 is 5.83. The minimum Gasteiger partial charge on any atom is -0.295 e. The minimum absolute atomic E-state index is 0.0137. The van der Waals surface area contributed by atoms with Gasteiger partial charge in [-0.05, 0) is 26.1 Å². The Morgan fingerprint density at radius 2 is 2.29 bits per heavy atom. The first-order chi connectivity index (χ1) is 8.04. The van der Waals surface area contributed by atoms with E-state index in [9.17, 15) is 4.79 Å². The molecule has 3 nitrogen and oxygen atoms in total. The fourth-order valence-electron chi connectivity index (χ4n) is 1.42. The van der Waals surface area contributed by atoms with Gasteiger partial charge < -0.3 is 0 Å². The maximum Gasteiger partial charge on any atom is 0.176 e. The molecule has 17 heavy (non-hydrogen) atoms. The van der Waals surface area contributed by atoms with Crippen LogP contribution in [0.3, 0.4) is 0 Å². The molecule has 1 rings (SSSR count). The number of benzene rings is 1. The molecule has 1 aromatic rings. The van der Waals surface area contributed by atoms with Crippen LogP contribution in [0.15, 0.2) is 24.3 Å². The average molecular weight is 251 g/mol. The lowest BCUT2D eigenvalue weighted by Gasteiger charge is -2.21. The van der Waals surface area contributed by atoms with E-state index >= 15 is 0 Å². The molecule has 0 radical (unpaired) electrons. The Labute approximate surface area is 107 Å². The van der Waals surface area contributed by atoms with Gasteiger partial charge in [0.05, 0.1) is 19.0 Å². The first-order valence-corrected chi connectivity index (χ1v) is 5.78. The number of carbonyl (C=O) groups is 1. The van der Waals surface area contributed by atoms with Gasteiger partial charge in [-0.1, -0.05) is 23.7 Å². The van der Waals surface area contributed by atoms with Gasteiger partial charge in [-0.25, -0.2) is 0 Å². The second-order valence-corrected chi connectivity index (χ2v) is 4.50. The van der Waals surface area contributed by atoms with E-state index in [-0.39, 0.29) is 11.8 Å². The highest BCUT2D eigenvalue weighted by Crippen LogP contribution is 2.12. The lowest BCUT2D eigenvalue weighted by molar-refractivity contribution is 0.0926. The molecular weight excluding hydrogens is 236 g/mol. The second kappa shape index (κ2) is 6.39. The summed E-state index contributed by atoms with van der Waals surface area (Å²) in [6.45, 7) is 2.22. The molecule has 90 valence electrons. The van der Waals surface area contributed by atoms with Crippen molar-refractivity contribution >= 4 is 17.4 Å². The molecule has 0 saturated heterocycles. The molecule has 1 aromatic carbocycles. The summed E-state index contributed by atoms with van der Waals surface area (Å²) in [5.74, 6) is 0.0137. The van der Waals surface area contributed by atoms with Crippen LogP contribution in [0.4, 0.5) is 0 Å². The van der Waals surface area contributed by atoms with Crippen molar-refractivity contribution in [1.82, 2.24) is 4.90 Å². The topological polar surface area (TPSA) is 44.1 Å². The van der Waals surface area contributed by atoms with Gasteiger partial charge in [-0.2, -0.15) is 5.26 Å². The normalized spacial score (nSPS) is 12.2. The number of Topliss-reactive ketones (excluding diaryl/α,β-unsaturated/α-hetero) is 1. The van der Waals surface area contributed by atoms with Crippen LogP contribution in [-0.4, -0.2) is 30.3 Å². The largest absolute Gasteiger partial charge is 0.295 e. The van der Waals surface area contributed by atoms with Crippen LogP contribution in [0.5, 0.6) is 0 Å². The Balaban J connectivity index is 2.64. The zero-order valence-corrected chi connectivity index (χ0v) is 10.7. The van der Waals surface area contributed by atoms with Crippen LogP contribution < -0.4 is 0 Å². The van der Waals surface area contributed by atoms with Crippen molar-refractivity contribution in [3.63, 3.8) is 0 Å². The quantitative estimate of drug-likeness (QED) is 0.755. The predicted molar refractivity (Wildman–Crippen MR) is 68.1 cm³/mol. The highest BCUT2D eigenvalue weighted by atomic mass is 35.5. The number of hydrogen-bond acceptors (Lipinski definition) is 3. The third kappa shape index (κ3) is 4.18. The van der Waals surface area contributed by atoms with E-state index in [0.717, 1.165) is 0 Å². The molecule has 0 fully saturated rings. The average Bonchev–Trinajstić information content (AvgIpc) is 2.29. The third-order valence-electron chi connectivity index (χ3n) is 2.68. The number of nitriles is 1. The summed E-state index contributed by atoms with van der Waals surface area (Å²) in [5, 5.41) is 9.15. The molecule has 1 unspecified atom stereocenters. The van der Waals surface area contributed by atoms with E-state index in [0.29, 0.717) is 23.6 Å². The molecule has 0 N–H and O–H groups in total. The lowest BCUT2D eigenvalue weighted by atomic mass is 10.1. The van der Waals surface area contributed by atoms with Gasteiger partial charge in [0.25, 0.3) is 0 Å². The molecule has 0 saturated carbocycles. The van der Waals surface area contributed by atoms with E-state index in [2.05, 4.69) is 6.07 Å². The molecule has 4 heteroatoms. The highest BCUT2D eigenvalue weighted by molar-refractivity contribution is 6.31. The van der Waals surface area contributed by atoms with Crippen molar-refractivity contribution in [3.05, 3.63) is 34.9 Å². The van der Waals surface area contributed by atoms with E-state index in [4.69, 9.17) is 16.9 Å². The number of halogens is 1. The minimum atomic E-state index is 0.0137. The van der Waals surface area contributed by atoms with Gasteiger partial charge in [0, 0.05) is 16.6 Å². The van der Waals surface area contributed by atoms with Crippen molar-refractivity contribution in [2.75, 3.05) is 13.6 Å². The molecular formula is C13H15ClN2O. The van der Waals surface area contributed by atoms with Crippen LogP contribution in [0, 0.1) is 11.3 Å². The molecule has 0 heterocycles. The van der Waals surface area contributed by atoms with Gasteiger partial charge in [-0.3, -0.25) is 9.69 Å². The summed E-state index contributed by atoms with van der Waals surface area (Å²) in [6.07, 6.45) is 0.416. The highest BCUT2D eigenvalue weighted by Gasteiger charge is 2.14. The van der Waals surface area contributed by atoms with Crippen LogP contribution in [0.2, 0.25) is 5.02 Å². The van der Waals surface area contributed by atoms with Crippen molar-refractivity contribution in [2.45, 2.75) is 19.4 Å². The standard InChI is InChI=1S/C13H15ClN2O/c1-10(6-7-15)16(2)9-13(17)11-4-3-5-12(14)8-11/h3-5,8,10H,6,9H2,1-2H3. The SMILES string of the molecule is CC(CC#N)N(C)CC(=O)c1cccc(Cl)c1. The maximum atomic E-state index is 11.9. The Morgan fingerprint density at radius 3 is 2.88 bits per heavy atom. The molecule has 0 aliphatic carbocycles. The fraction of sp³-hybridized carbons (Fsp3) is 0.385. The van der Waals surface area contributed by atoms with Crippen molar-refractivity contribution in [1.29, 1.82) is 5.26 Å². The van der Waals surface area contributed by atoms with Gasteiger partial charge >= 0.3 is 0 Å². The number of nitrogens with zero attached hydrogens (tertiary/aromatic N) is 2. The van der Waals surface area contributed by atoms with Gasteiger partial charge in [0.15, 0.2) is 5.78 Å². The Morgan fingerprint density at radius 1 is 1.59 bits per heavy atom. The lowest BCUT2D eigenvalue weighted by Crippen LogP contribution is -2.33. The molecule has 1 atom stereocenters.